The van der Waals surface area contributed by atoms with Crippen LogP contribution in [0.3, 0.4) is 0 Å². The Hall–Kier alpha value is -2.46. The second-order valence-corrected chi connectivity index (χ2v) is 32.6. The fraction of sp³-hybridized carbons (Fsp3) is 0.901. The first-order valence-electron chi connectivity index (χ1n) is 41.2. The van der Waals surface area contributed by atoms with E-state index in [1.807, 2.05) is 0 Å². The number of ether oxygens (including phenoxy) is 4. The van der Waals surface area contributed by atoms with Crippen LogP contribution in [0.4, 0.5) is 0 Å². The van der Waals surface area contributed by atoms with Crippen molar-refractivity contribution in [2.75, 3.05) is 39.6 Å². The van der Waals surface area contributed by atoms with Gasteiger partial charge in [-0.1, -0.05) is 342 Å². The second-order valence-electron chi connectivity index (χ2n) is 29.7. The highest BCUT2D eigenvalue weighted by Gasteiger charge is 2.30. The van der Waals surface area contributed by atoms with E-state index < -0.39 is 97.5 Å². The highest BCUT2D eigenvalue weighted by molar-refractivity contribution is 7.47. The number of hydrogen-bond acceptors (Lipinski definition) is 15. The maximum absolute atomic E-state index is 13.1. The number of rotatable bonds is 77. The summed E-state index contributed by atoms with van der Waals surface area (Å²) in [6.45, 7) is 11.9. The summed E-state index contributed by atoms with van der Waals surface area (Å²) >= 11 is 0. The lowest BCUT2D eigenvalue weighted by molar-refractivity contribution is -0.161. The first-order valence-corrected chi connectivity index (χ1v) is 44.2. The van der Waals surface area contributed by atoms with Crippen LogP contribution >= 0.6 is 15.6 Å². The number of hydrogen-bond donors (Lipinski definition) is 3. The van der Waals surface area contributed by atoms with Crippen LogP contribution < -0.4 is 0 Å². The minimum Gasteiger partial charge on any atom is -0.462 e. The molecule has 0 aromatic carbocycles. The minimum absolute atomic E-state index is 0.101. The fourth-order valence-corrected chi connectivity index (χ4v) is 13.5. The third-order valence-corrected chi connectivity index (χ3v) is 20.5. The normalized spacial score (nSPS) is 14.4. The molecule has 0 heterocycles. The highest BCUT2D eigenvalue weighted by atomic mass is 31.2. The molecule has 17 nitrogen and oxygen atoms in total. The molecule has 0 aliphatic heterocycles. The first-order chi connectivity index (χ1) is 48.3. The molecule has 590 valence electrons. The lowest BCUT2D eigenvalue weighted by Gasteiger charge is -2.21. The number of carbonyl (C=O) groups is 4. The molecule has 0 amide bonds. The molecule has 0 rings (SSSR count). The van der Waals surface area contributed by atoms with Gasteiger partial charge in [0, 0.05) is 25.7 Å². The summed E-state index contributed by atoms with van der Waals surface area (Å²) < 4.78 is 68.7. The van der Waals surface area contributed by atoms with E-state index in [-0.39, 0.29) is 25.7 Å². The average Bonchev–Trinajstić information content (AvgIpc) is 0.921. The predicted molar refractivity (Wildman–Crippen MR) is 409 cm³/mol. The molecule has 0 saturated heterocycles. The van der Waals surface area contributed by atoms with Gasteiger partial charge in [-0.3, -0.25) is 37.3 Å². The highest BCUT2D eigenvalue weighted by Crippen LogP contribution is 2.45. The average molecular weight is 1460 g/mol. The Bertz CT molecular complexity index is 2040. The number of carbonyl (C=O) groups excluding carboxylic acids is 4. The molecule has 3 N–H and O–H groups in total. The molecule has 3 unspecified atom stereocenters. The molecular formula is C81H154O17P2. The van der Waals surface area contributed by atoms with Gasteiger partial charge in [-0.25, -0.2) is 9.13 Å². The van der Waals surface area contributed by atoms with E-state index in [1.54, 1.807) is 0 Å². The lowest BCUT2D eigenvalue weighted by Crippen LogP contribution is -2.30. The Kier molecular flexibility index (Phi) is 69.1. The van der Waals surface area contributed by atoms with E-state index in [9.17, 15) is 43.2 Å². The second kappa shape index (κ2) is 70.8. The Labute approximate surface area is 612 Å². The van der Waals surface area contributed by atoms with E-state index in [0.29, 0.717) is 25.7 Å². The monoisotopic (exact) mass is 1460 g/mol. The first kappa shape index (κ1) is 97.5. The Balaban J connectivity index is 5.30. The van der Waals surface area contributed by atoms with Crippen LogP contribution in [-0.4, -0.2) is 96.7 Å². The van der Waals surface area contributed by atoms with Gasteiger partial charge >= 0.3 is 39.5 Å². The molecule has 0 saturated carbocycles. The number of esters is 4. The van der Waals surface area contributed by atoms with Gasteiger partial charge in [0.2, 0.25) is 0 Å². The predicted octanol–water partition coefficient (Wildman–Crippen LogP) is 23.7. The van der Waals surface area contributed by atoms with Crippen molar-refractivity contribution in [3.05, 3.63) is 24.3 Å². The van der Waals surface area contributed by atoms with Crippen molar-refractivity contribution in [1.29, 1.82) is 0 Å². The SMILES string of the molecule is CCCCCC/C=C\C=C/CCCCCCCC(=O)OC[C@H](COP(=O)(O)OC[C@@H](O)COP(=O)(O)OC[C@@H](COC(=O)CCCCCCCCCCCC(C)C)OC(=O)CCCCCCCCCCCCC(C)CC)OC(=O)CCCCCCCCCCCCCCCCCCC(C)C. The number of phosphoric acid groups is 2. The van der Waals surface area contributed by atoms with Gasteiger partial charge in [0.05, 0.1) is 26.4 Å². The maximum atomic E-state index is 13.1. The molecule has 0 aromatic heterocycles. The zero-order valence-electron chi connectivity index (χ0n) is 65.2. The van der Waals surface area contributed by atoms with Gasteiger partial charge in [-0.05, 0) is 69.1 Å². The van der Waals surface area contributed by atoms with Crippen LogP contribution in [-0.2, 0) is 65.4 Å². The molecule has 0 aromatic rings. The van der Waals surface area contributed by atoms with Gasteiger partial charge in [0.15, 0.2) is 12.2 Å². The molecule has 0 aliphatic carbocycles. The Morgan fingerprint density at radius 1 is 0.330 bits per heavy atom. The summed E-state index contributed by atoms with van der Waals surface area (Å²) in [5.74, 6) is 0.210. The van der Waals surface area contributed by atoms with E-state index >= 15 is 0 Å². The van der Waals surface area contributed by atoms with E-state index in [4.69, 9.17) is 37.0 Å². The molecule has 6 atom stereocenters. The lowest BCUT2D eigenvalue weighted by atomic mass is 9.99. The largest absolute Gasteiger partial charge is 0.472 e. The number of aliphatic hydroxyl groups is 1. The zero-order chi connectivity index (χ0) is 73.7. The van der Waals surface area contributed by atoms with Gasteiger partial charge in [0.25, 0.3) is 0 Å². The van der Waals surface area contributed by atoms with Gasteiger partial charge in [0.1, 0.15) is 19.3 Å². The van der Waals surface area contributed by atoms with Gasteiger partial charge < -0.3 is 33.8 Å². The summed E-state index contributed by atoms with van der Waals surface area (Å²) in [4.78, 5) is 73.0. The standard InChI is InChI=1S/C81H154O17P2/c1-8-10-11-12-13-14-15-16-19-23-26-34-41-48-55-62-78(83)91-68-76(97-80(85)64-57-50-43-35-27-24-21-18-17-20-22-25-31-38-45-52-59-72(3)4)70-95-99(87,88)93-66-75(82)67-94-100(89,90)96-71-77(69-92-79(84)63-56-49-42-37-30-32-39-46-53-60-73(5)6)98-81(86)65-58-51-44-36-29-28-33-40-47-54-61-74(7)9-2/h14-16,19,72-77,82H,8-13,17-18,20-71H2,1-7H3,(H,87,88)(H,89,90)/b15-14-,19-16-/t74?,75-,76-,77-/m1/s1. The summed E-state index contributed by atoms with van der Waals surface area (Å²) in [6, 6.07) is 0. The summed E-state index contributed by atoms with van der Waals surface area (Å²) in [6.07, 6.45) is 61.7. The summed E-state index contributed by atoms with van der Waals surface area (Å²) in [5.41, 5.74) is 0. The maximum Gasteiger partial charge on any atom is 0.472 e. The van der Waals surface area contributed by atoms with Crippen LogP contribution in [0.25, 0.3) is 0 Å². The van der Waals surface area contributed by atoms with Gasteiger partial charge in [-0.15, -0.1) is 0 Å². The van der Waals surface area contributed by atoms with Crippen LogP contribution in [0.1, 0.15) is 395 Å². The van der Waals surface area contributed by atoms with E-state index in [2.05, 4.69) is 72.8 Å². The third kappa shape index (κ3) is 72.5. The van der Waals surface area contributed by atoms with Crippen molar-refractivity contribution in [2.45, 2.75) is 414 Å². The van der Waals surface area contributed by atoms with E-state index in [0.717, 1.165) is 127 Å². The third-order valence-electron chi connectivity index (χ3n) is 18.6. The van der Waals surface area contributed by atoms with Crippen molar-refractivity contribution >= 4 is 39.5 Å². The quantitative estimate of drug-likeness (QED) is 0.0169. The molecule has 0 aliphatic rings. The molecular weight excluding hydrogens is 1310 g/mol. The van der Waals surface area contributed by atoms with Crippen molar-refractivity contribution in [1.82, 2.24) is 0 Å². The molecule has 0 fully saturated rings. The Morgan fingerprint density at radius 3 is 0.890 bits per heavy atom. The van der Waals surface area contributed by atoms with Crippen LogP contribution in [0.2, 0.25) is 0 Å². The zero-order valence-corrected chi connectivity index (χ0v) is 66.9. The Morgan fingerprint density at radius 2 is 0.590 bits per heavy atom. The smallest absolute Gasteiger partial charge is 0.462 e. The van der Waals surface area contributed by atoms with Crippen LogP contribution in [0.5, 0.6) is 0 Å². The minimum atomic E-state index is -4.97. The fourth-order valence-electron chi connectivity index (χ4n) is 11.9. The topological polar surface area (TPSA) is 237 Å². The number of aliphatic hydroxyl groups excluding tert-OH is 1. The number of unbranched alkanes of at least 4 members (excludes halogenated alkanes) is 41. The van der Waals surface area contributed by atoms with Crippen molar-refractivity contribution < 1.29 is 80.2 Å². The number of allylic oxidation sites excluding steroid dienone is 4. The molecule has 19 heteroatoms. The van der Waals surface area contributed by atoms with Crippen molar-refractivity contribution in [3.63, 3.8) is 0 Å². The van der Waals surface area contributed by atoms with Crippen molar-refractivity contribution in [3.8, 4) is 0 Å². The summed E-state index contributed by atoms with van der Waals surface area (Å²) in [7, 11) is -9.93. The van der Waals surface area contributed by atoms with Crippen LogP contribution in [0.15, 0.2) is 24.3 Å². The van der Waals surface area contributed by atoms with Gasteiger partial charge in [-0.2, -0.15) is 0 Å². The molecule has 0 radical (unpaired) electrons. The molecule has 0 bridgehead atoms. The number of phosphoric ester groups is 2. The van der Waals surface area contributed by atoms with Crippen LogP contribution in [0, 0.1) is 17.8 Å². The van der Waals surface area contributed by atoms with Crippen molar-refractivity contribution in [2.24, 2.45) is 17.8 Å². The molecule has 100 heavy (non-hydrogen) atoms. The summed E-state index contributed by atoms with van der Waals surface area (Å²) in [5, 5.41) is 10.6. The van der Waals surface area contributed by atoms with E-state index in [1.165, 1.54) is 186 Å². The molecule has 0 spiro atoms.